The fourth-order valence-corrected chi connectivity index (χ4v) is 12.2. The van der Waals surface area contributed by atoms with E-state index in [1.54, 1.807) is 0 Å². The number of Topliss-reactive ketones (excluding diaryl/α,β-unsaturated/α-hetero) is 3. The molecular weight excluding hydrogens is 691 g/mol. The molecule has 0 unspecified atom stereocenters. The van der Waals surface area contributed by atoms with E-state index < -0.39 is 5.41 Å². The molecule has 0 saturated carbocycles. The van der Waals surface area contributed by atoms with Crippen LogP contribution in [-0.2, 0) is 26.2 Å². The maximum absolute atomic E-state index is 15.7. The Morgan fingerprint density at radius 3 is 1.20 bits per heavy atom. The largest absolute Gasteiger partial charge is 0.300 e. The van der Waals surface area contributed by atoms with Gasteiger partial charge < -0.3 is 0 Å². The van der Waals surface area contributed by atoms with Crippen LogP contribution in [0.3, 0.4) is 0 Å². The Morgan fingerprint density at radius 2 is 0.875 bits per heavy atom. The SMILES string of the molecule is Cc1cc(CC(CC(=O)CC2CC(C)(C)N(C)C(C)(C)C2)(C(=O)CC2CC(C)(C)N(C)C(C)(C)C2)C(=O)CC2CC(C)(C)N(C)C(C)(C)C2)cc(C(C)(C)C)c1. The summed E-state index contributed by atoms with van der Waals surface area (Å²) in [5.74, 6) is 0.516. The molecule has 6 nitrogen and oxygen atoms in total. The third-order valence-electron chi connectivity index (χ3n) is 15.7. The van der Waals surface area contributed by atoms with Crippen molar-refractivity contribution in [1.29, 1.82) is 0 Å². The topological polar surface area (TPSA) is 60.9 Å². The first kappa shape index (κ1) is 46.8. The van der Waals surface area contributed by atoms with Gasteiger partial charge in [-0.05, 0) is 190 Å². The Kier molecular flexibility index (Phi) is 13.0. The van der Waals surface area contributed by atoms with Crippen molar-refractivity contribution in [3.05, 3.63) is 34.9 Å². The summed E-state index contributed by atoms with van der Waals surface area (Å²) >= 11 is 0. The molecule has 3 aliphatic rings. The highest BCUT2D eigenvalue weighted by atomic mass is 16.2. The first-order chi connectivity index (χ1) is 25.1. The molecule has 0 atom stereocenters. The van der Waals surface area contributed by atoms with Gasteiger partial charge in [0.2, 0.25) is 0 Å². The number of aryl methyl sites for hydroxylation is 1. The summed E-state index contributed by atoms with van der Waals surface area (Å²) in [6, 6.07) is 6.62. The van der Waals surface area contributed by atoms with Crippen molar-refractivity contribution in [2.75, 3.05) is 21.1 Å². The Balaban J connectivity index is 1.85. The average Bonchev–Trinajstić information content (AvgIpc) is 2.99. The number of hydrogen-bond donors (Lipinski definition) is 0. The normalized spacial score (nSPS) is 24.9. The first-order valence-corrected chi connectivity index (χ1v) is 22.0. The lowest BCUT2D eigenvalue weighted by molar-refractivity contribution is -0.148. The van der Waals surface area contributed by atoms with Gasteiger partial charge in [0.15, 0.2) is 0 Å². The second kappa shape index (κ2) is 15.6. The van der Waals surface area contributed by atoms with Gasteiger partial charge in [0.1, 0.15) is 17.3 Å². The van der Waals surface area contributed by atoms with Crippen LogP contribution < -0.4 is 0 Å². The van der Waals surface area contributed by atoms with Crippen LogP contribution in [0, 0.1) is 30.1 Å². The molecule has 0 N–H and O–H groups in total. The Labute approximate surface area is 344 Å². The van der Waals surface area contributed by atoms with Crippen LogP contribution in [0.4, 0.5) is 0 Å². The van der Waals surface area contributed by atoms with Crippen molar-refractivity contribution in [2.24, 2.45) is 23.2 Å². The van der Waals surface area contributed by atoms with Gasteiger partial charge in [0.25, 0.3) is 0 Å². The van der Waals surface area contributed by atoms with Crippen molar-refractivity contribution in [1.82, 2.24) is 14.7 Å². The standard InChI is InChI=1S/C50H85N3O3/c1-34-20-35(22-39(21-34)43(2,3)4)32-50(41(55)24-37-28-46(9,10)52(18)47(11,12)29-37,42(56)25-38-30-48(13,14)53(19)49(15,16)31-38)33-40(54)23-36-26-44(5,6)51(17)45(7,8)27-36/h20-22,36-38H,23-33H2,1-19H3. The molecule has 0 aromatic heterocycles. The molecule has 1 aromatic carbocycles. The lowest BCUT2D eigenvalue weighted by Crippen LogP contribution is -2.59. The third kappa shape index (κ3) is 10.1. The number of likely N-dealkylation sites (tertiary alicyclic amines) is 3. The van der Waals surface area contributed by atoms with Crippen molar-refractivity contribution < 1.29 is 14.4 Å². The maximum atomic E-state index is 15.7. The quantitative estimate of drug-likeness (QED) is 0.197. The summed E-state index contributed by atoms with van der Waals surface area (Å²) < 4.78 is 0. The Morgan fingerprint density at radius 1 is 0.554 bits per heavy atom. The van der Waals surface area contributed by atoms with Gasteiger partial charge in [0, 0.05) is 58.9 Å². The molecule has 0 amide bonds. The van der Waals surface area contributed by atoms with E-state index in [0.29, 0.717) is 19.3 Å². The van der Waals surface area contributed by atoms with Crippen LogP contribution >= 0.6 is 0 Å². The van der Waals surface area contributed by atoms with Crippen molar-refractivity contribution in [3.8, 4) is 0 Å². The zero-order chi connectivity index (χ0) is 42.8. The Bertz CT molecular complexity index is 1510. The molecule has 3 aliphatic heterocycles. The molecule has 1 aromatic rings. The highest BCUT2D eigenvalue weighted by Crippen LogP contribution is 2.48. The van der Waals surface area contributed by atoms with Gasteiger partial charge in [-0.3, -0.25) is 29.1 Å². The molecule has 0 spiro atoms. The van der Waals surface area contributed by atoms with Crippen LogP contribution in [0.1, 0.15) is 185 Å². The molecule has 6 heteroatoms. The monoisotopic (exact) mass is 776 g/mol. The van der Waals surface area contributed by atoms with Crippen molar-refractivity contribution >= 4 is 17.3 Å². The van der Waals surface area contributed by atoms with Gasteiger partial charge in [-0.1, -0.05) is 44.5 Å². The molecule has 0 bridgehead atoms. The summed E-state index contributed by atoms with van der Waals surface area (Å²) in [6.45, 7) is 36.1. The second-order valence-corrected chi connectivity index (χ2v) is 24.3. The minimum Gasteiger partial charge on any atom is -0.300 e. The summed E-state index contributed by atoms with van der Waals surface area (Å²) in [4.78, 5) is 53.6. The van der Waals surface area contributed by atoms with Crippen molar-refractivity contribution in [2.45, 2.75) is 220 Å². The number of piperidine rings is 3. The van der Waals surface area contributed by atoms with E-state index in [0.717, 1.165) is 49.7 Å². The van der Waals surface area contributed by atoms with E-state index in [1.807, 2.05) is 0 Å². The Hall–Kier alpha value is -1.89. The van der Waals surface area contributed by atoms with Crippen LogP contribution in [-0.4, -0.2) is 86.4 Å². The number of hydrogen-bond acceptors (Lipinski definition) is 6. The second-order valence-electron chi connectivity index (χ2n) is 24.3. The van der Waals surface area contributed by atoms with Gasteiger partial charge >= 0.3 is 0 Å². The summed E-state index contributed by atoms with van der Waals surface area (Å²) in [6.07, 6.45) is 6.71. The van der Waals surface area contributed by atoms with E-state index in [1.165, 1.54) is 5.56 Å². The third-order valence-corrected chi connectivity index (χ3v) is 15.7. The highest BCUT2D eigenvalue weighted by Gasteiger charge is 2.52. The smallest absolute Gasteiger partial charge is 0.147 e. The molecule has 3 saturated heterocycles. The van der Waals surface area contributed by atoms with Gasteiger partial charge in [-0.15, -0.1) is 0 Å². The predicted molar refractivity (Wildman–Crippen MR) is 235 cm³/mol. The summed E-state index contributed by atoms with van der Waals surface area (Å²) in [5.41, 5.74) is 1.34. The van der Waals surface area contributed by atoms with Gasteiger partial charge in [-0.2, -0.15) is 0 Å². The van der Waals surface area contributed by atoms with E-state index >= 15 is 9.59 Å². The lowest BCUT2D eigenvalue weighted by Gasteiger charge is -2.54. The van der Waals surface area contributed by atoms with E-state index in [4.69, 9.17) is 0 Å². The average molecular weight is 776 g/mol. The number of carbonyl (C=O) groups excluding carboxylic acids is 3. The van der Waals surface area contributed by atoms with Gasteiger partial charge in [0.05, 0.1) is 5.41 Å². The molecular formula is C50H85N3O3. The summed E-state index contributed by atoms with van der Waals surface area (Å²) in [5, 5.41) is 0. The van der Waals surface area contributed by atoms with E-state index in [2.05, 4.69) is 165 Å². The first-order valence-electron chi connectivity index (χ1n) is 22.0. The van der Waals surface area contributed by atoms with Crippen LogP contribution in [0.5, 0.6) is 0 Å². The lowest BCUT2D eigenvalue weighted by atomic mass is 9.62. The molecule has 0 aliphatic carbocycles. The minimum atomic E-state index is -1.41. The maximum Gasteiger partial charge on any atom is 0.147 e. The van der Waals surface area contributed by atoms with Crippen LogP contribution in [0.25, 0.3) is 0 Å². The zero-order valence-electron chi connectivity index (χ0n) is 39.8. The number of rotatable bonds is 12. The van der Waals surface area contributed by atoms with E-state index in [9.17, 15) is 4.79 Å². The van der Waals surface area contributed by atoms with Crippen molar-refractivity contribution in [3.63, 3.8) is 0 Å². The summed E-state index contributed by atoms with van der Waals surface area (Å²) in [7, 11) is 6.60. The van der Waals surface area contributed by atoms with Crippen LogP contribution in [0.2, 0.25) is 0 Å². The number of benzene rings is 1. The highest BCUT2D eigenvalue weighted by molar-refractivity contribution is 6.10. The molecule has 56 heavy (non-hydrogen) atoms. The molecule has 318 valence electrons. The van der Waals surface area contributed by atoms with Crippen LogP contribution in [0.15, 0.2) is 18.2 Å². The molecule has 3 fully saturated rings. The molecule has 3 heterocycles. The fraction of sp³-hybridized carbons (Fsp3) is 0.820. The predicted octanol–water partition coefficient (Wildman–Crippen LogP) is 10.8. The molecule has 4 rings (SSSR count). The fourth-order valence-electron chi connectivity index (χ4n) is 12.2. The number of nitrogens with zero attached hydrogens (tertiary/aromatic N) is 3. The molecule has 0 radical (unpaired) electrons. The number of carbonyl (C=O) groups is 3. The van der Waals surface area contributed by atoms with Gasteiger partial charge in [-0.25, -0.2) is 0 Å². The van der Waals surface area contributed by atoms with E-state index in [-0.39, 0.29) is 86.6 Å². The number of ketones is 3. The minimum absolute atomic E-state index is 0.00449. The zero-order valence-corrected chi connectivity index (χ0v) is 39.8.